The van der Waals surface area contributed by atoms with E-state index >= 15 is 0 Å². The van der Waals surface area contributed by atoms with Crippen LogP contribution >= 0.6 is 0 Å². The van der Waals surface area contributed by atoms with Gasteiger partial charge in [0.2, 0.25) is 5.91 Å². The van der Waals surface area contributed by atoms with Crippen LogP contribution in [0.4, 0.5) is 18.9 Å². The molecule has 1 saturated carbocycles. The summed E-state index contributed by atoms with van der Waals surface area (Å²) in [6.45, 7) is 0. The predicted molar refractivity (Wildman–Crippen MR) is 73.0 cm³/mol. The molecule has 0 aliphatic heterocycles. The highest BCUT2D eigenvalue weighted by Crippen LogP contribution is 2.42. The topological polar surface area (TPSA) is 40.5 Å². The van der Waals surface area contributed by atoms with Crippen LogP contribution in [-0.4, -0.2) is 24.2 Å². The smallest absolute Gasteiger partial charge is 0.392 e. The van der Waals surface area contributed by atoms with Crippen LogP contribution in [0.1, 0.15) is 25.7 Å². The molecular weight excluding hydrogens is 283 g/mol. The van der Waals surface area contributed by atoms with E-state index in [1.54, 1.807) is 0 Å². The summed E-state index contributed by atoms with van der Waals surface area (Å²) in [4.78, 5) is 13.6. The average Bonchev–Trinajstić information content (AvgIpc) is 2.45. The summed E-state index contributed by atoms with van der Waals surface area (Å²) in [5.74, 6) is -3.04. The number of rotatable bonds is 2. The Balaban J connectivity index is 2.18. The molecule has 0 heterocycles. The van der Waals surface area contributed by atoms with Crippen molar-refractivity contribution in [1.29, 1.82) is 0 Å². The Morgan fingerprint density at radius 3 is 2.33 bits per heavy atom. The van der Waals surface area contributed by atoms with Gasteiger partial charge in [-0.15, -0.1) is 0 Å². The van der Waals surface area contributed by atoms with Gasteiger partial charge in [-0.3, -0.25) is 4.79 Å². The van der Waals surface area contributed by atoms with Crippen molar-refractivity contribution in [2.24, 2.45) is 11.8 Å². The molecule has 0 radical (unpaired) electrons. The van der Waals surface area contributed by atoms with E-state index in [1.807, 2.05) is 0 Å². The molecule has 0 spiro atoms. The Hall–Kier alpha value is -1.72. The summed E-state index contributed by atoms with van der Waals surface area (Å²) >= 11 is 0. The minimum absolute atomic E-state index is 0.0172. The molecule has 1 aromatic rings. The van der Waals surface area contributed by atoms with Crippen LogP contribution in [-0.2, 0) is 4.79 Å². The largest absolute Gasteiger partial charge is 0.508 e. The number of hydrogen-bond acceptors (Lipinski definition) is 2. The van der Waals surface area contributed by atoms with Crippen LogP contribution in [0, 0.1) is 11.8 Å². The maximum Gasteiger partial charge on any atom is 0.392 e. The number of alkyl halides is 3. The molecule has 0 bridgehead atoms. The Morgan fingerprint density at radius 1 is 1.19 bits per heavy atom. The lowest BCUT2D eigenvalue weighted by molar-refractivity contribution is -0.197. The highest BCUT2D eigenvalue weighted by molar-refractivity contribution is 5.94. The number of anilines is 1. The predicted octanol–water partition coefficient (Wildman–Crippen LogP) is 3.72. The Bertz CT molecular complexity index is 499. The summed E-state index contributed by atoms with van der Waals surface area (Å²) in [7, 11) is 1.47. The third-order valence-corrected chi connectivity index (χ3v) is 4.07. The van der Waals surface area contributed by atoms with Gasteiger partial charge >= 0.3 is 6.18 Å². The van der Waals surface area contributed by atoms with Gasteiger partial charge in [0, 0.05) is 18.7 Å². The van der Waals surface area contributed by atoms with E-state index in [4.69, 9.17) is 0 Å². The molecule has 2 rings (SSSR count). The number of benzene rings is 1. The van der Waals surface area contributed by atoms with Crippen LogP contribution < -0.4 is 4.90 Å². The van der Waals surface area contributed by atoms with E-state index in [0.717, 1.165) is 0 Å². The second kappa shape index (κ2) is 5.95. The van der Waals surface area contributed by atoms with Crippen molar-refractivity contribution in [2.75, 3.05) is 11.9 Å². The van der Waals surface area contributed by atoms with E-state index in [-0.39, 0.29) is 18.6 Å². The number of phenolic OH excluding ortho intramolecular Hbond substituents is 1. The van der Waals surface area contributed by atoms with Crippen molar-refractivity contribution in [3.05, 3.63) is 24.3 Å². The molecule has 0 aromatic heterocycles. The standard InChI is InChI=1S/C15H18F3NO2/c1-19(10-6-8-11(20)9-7-10)14(21)12-4-2-3-5-13(12)15(16,17)18/h6-9,12-13,20H,2-5H2,1H3. The van der Waals surface area contributed by atoms with Gasteiger partial charge in [-0.1, -0.05) is 12.8 Å². The van der Waals surface area contributed by atoms with Crippen LogP contribution in [0.25, 0.3) is 0 Å². The molecule has 0 saturated heterocycles. The number of carbonyl (C=O) groups is 1. The summed E-state index contributed by atoms with van der Waals surface area (Å²) < 4.78 is 39.2. The zero-order chi connectivity index (χ0) is 15.6. The third kappa shape index (κ3) is 3.49. The van der Waals surface area contributed by atoms with E-state index in [0.29, 0.717) is 18.5 Å². The highest BCUT2D eigenvalue weighted by Gasteiger charge is 2.48. The summed E-state index contributed by atoms with van der Waals surface area (Å²) in [5, 5.41) is 9.22. The second-order valence-corrected chi connectivity index (χ2v) is 5.45. The molecular formula is C15H18F3NO2. The van der Waals surface area contributed by atoms with Gasteiger partial charge < -0.3 is 10.0 Å². The summed E-state index contributed by atoms with van der Waals surface area (Å²) in [5.41, 5.74) is 0.476. The number of aromatic hydroxyl groups is 1. The Labute approximate surface area is 121 Å². The molecule has 1 aliphatic rings. The van der Waals surface area contributed by atoms with Crippen LogP contribution in [0.5, 0.6) is 5.75 Å². The maximum atomic E-state index is 13.1. The quantitative estimate of drug-likeness (QED) is 0.904. The first-order valence-corrected chi connectivity index (χ1v) is 6.94. The lowest BCUT2D eigenvalue weighted by Gasteiger charge is -2.34. The van der Waals surface area contributed by atoms with Crippen molar-refractivity contribution in [3.63, 3.8) is 0 Å². The van der Waals surface area contributed by atoms with Gasteiger partial charge in [0.05, 0.1) is 5.92 Å². The molecule has 2 atom stereocenters. The molecule has 2 unspecified atom stereocenters. The molecule has 116 valence electrons. The van der Waals surface area contributed by atoms with Crippen molar-refractivity contribution in [1.82, 2.24) is 0 Å². The fourth-order valence-corrected chi connectivity index (χ4v) is 2.87. The normalized spacial score (nSPS) is 22.9. The van der Waals surface area contributed by atoms with E-state index in [1.165, 1.54) is 36.2 Å². The number of amides is 1. The zero-order valence-electron chi connectivity index (χ0n) is 11.7. The third-order valence-electron chi connectivity index (χ3n) is 4.07. The summed E-state index contributed by atoms with van der Waals surface area (Å²) in [6, 6.07) is 5.83. The molecule has 3 nitrogen and oxygen atoms in total. The first-order valence-electron chi connectivity index (χ1n) is 6.94. The minimum atomic E-state index is -4.34. The van der Waals surface area contributed by atoms with Crippen molar-refractivity contribution < 1.29 is 23.1 Å². The van der Waals surface area contributed by atoms with Gasteiger partial charge in [0.25, 0.3) is 0 Å². The van der Waals surface area contributed by atoms with Gasteiger partial charge in [0.1, 0.15) is 5.75 Å². The van der Waals surface area contributed by atoms with Crippen LogP contribution in [0.15, 0.2) is 24.3 Å². The van der Waals surface area contributed by atoms with Crippen molar-refractivity contribution in [3.8, 4) is 5.75 Å². The van der Waals surface area contributed by atoms with Gasteiger partial charge in [-0.05, 0) is 37.1 Å². The highest BCUT2D eigenvalue weighted by atomic mass is 19.4. The van der Waals surface area contributed by atoms with Gasteiger partial charge in [0.15, 0.2) is 0 Å². The second-order valence-electron chi connectivity index (χ2n) is 5.45. The SMILES string of the molecule is CN(C(=O)C1CCCCC1C(F)(F)F)c1ccc(O)cc1. The monoisotopic (exact) mass is 301 g/mol. The molecule has 1 N–H and O–H groups in total. The zero-order valence-corrected chi connectivity index (χ0v) is 11.7. The Kier molecular flexibility index (Phi) is 4.44. The number of nitrogens with zero attached hydrogens (tertiary/aromatic N) is 1. The molecule has 1 aromatic carbocycles. The minimum Gasteiger partial charge on any atom is -0.508 e. The molecule has 1 aliphatic carbocycles. The van der Waals surface area contributed by atoms with E-state index in [9.17, 15) is 23.1 Å². The molecule has 1 fully saturated rings. The van der Waals surface area contributed by atoms with E-state index < -0.39 is 23.9 Å². The van der Waals surface area contributed by atoms with E-state index in [2.05, 4.69) is 0 Å². The number of carbonyl (C=O) groups excluding carboxylic acids is 1. The fourth-order valence-electron chi connectivity index (χ4n) is 2.87. The fraction of sp³-hybridized carbons (Fsp3) is 0.533. The molecule has 6 heteroatoms. The van der Waals surface area contributed by atoms with Crippen molar-refractivity contribution in [2.45, 2.75) is 31.9 Å². The first kappa shape index (κ1) is 15.7. The van der Waals surface area contributed by atoms with Gasteiger partial charge in [-0.2, -0.15) is 13.2 Å². The Morgan fingerprint density at radius 2 is 1.76 bits per heavy atom. The van der Waals surface area contributed by atoms with Crippen LogP contribution in [0.2, 0.25) is 0 Å². The first-order chi connectivity index (χ1) is 9.80. The lowest BCUT2D eigenvalue weighted by Crippen LogP contribution is -2.43. The van der Waals surface area contributed by atoms with Crippen molar-refractivity contribution >= 4 is 11.6 Å². The lowest BCUT2D eigenvalue weighted by atomic mass is 9.78. The maximum absolute atomic E-state index is 13.1. The van der Waals surface area contributed by atoms with Gasteiger partial charge in [-0.25, -0.2) is 0 Å². The molecule has 21 heavy (non-hydrogen) atoms. The summed E-state index contributed by atoms with van der Waals surface area (Å²) in [6.07, 6.45) is -2.89. The number of halogens is 3. The van der Waals surface area contributed by atoms with Crippen LogP contribution in [0.3, 0.4) is 0 Å². The number of phenols is 1. The molecule has 1 amide bonds. The average molecular weight is 301 g/mol. The number of hydrogen-bond donors (Lipinski definition) is 1.